The van der Waals surface area contributed by atoms with E-state index < -0.39 is 0 Å². The Kier molecular flexibility index (Phi) is 6.59. The van der Waals surface area contributed by atoms with Gasteiger partial charge in [0.15, 0.2) is 0 Å². The number of hydrogen-bond acceptors (Lipinski definition) is 6. The quantitative estimate of drug-likeness (QED) is 0.695. The van der Waals surface area contributed by atoms with Gasteiger partial charge in [0.2, 0.25) is 11.1 Å². The van der Waals surface area contributed by atoms with Crippen molar-refractivity contribution in [1.29, 1.82) is 0 Å². The van der Waals surface area contributed by atoms with Crippen LogP contribution in [0.3, 0.4) is 0 Å². The average molecular weight is 401 g/mol. The third kappa shape index (κ3) is 4.91. The molecule has 0 bridgehead atoms. The Hall–Kier alpha value is -1.93. The maximum Gasteiger partial charge on any atom is 0.233 e. The lowest BCUT2D eigenvalue weighted by Crippen LogP contribution is -2.48. The van der Waals surface area contributed by atoms with E-state index in [4.69, 9.17) is 0 Å². The molecule has 1 aliphatic heterocycles. The zero-order valence-electron chi connectivity index (χ0n) is 16.2. The van der Waals surface area contributed by atoms with Gasteiger partial charge in [0, 0.05) is 32.7 Å². The molecule has 2 aromatic rings. The number of benzene rings is 1. The van der Waals surface area contributed by atoms with Crippen molar-refractivity contribution in [3.63, 3.8) is 0 Å². The Balaban J connectivity index is 1.24. The summed E-state index contributed by atoms with van der Waals surface area (Å²) in [4.78, 5) is 17.0. The van der Waals surface area contributed by atoms with Crippen molar-refractivity contribution in [2.75, 3.05) is 31.9 Å². The minimum Gasteiger partial charge on any atom is -0.339 e. The molecule has 0 atom stereocenters. The van der Waals surface area contributed by atoms with Gasteiger partial charge in [0.05, 0.1) is 11.8 Å². The highest BCUT2D eigenvalue weighted by atomic mass is 32.2. The maximum absolute atomic E-state index is 12.7. The summed E-state index contributed by atoms with van der Waals surface area (Å²) in [5, 5.41) is 13.0. The second-order valence-corrected chi connectivity index (χ2v) is 8.57. The van der Waals surface area contributed by atoms with Crippen LogP contribution in [0.15, 0.2) is 35.5 Å². The molecule has 2 aliphatic rings. The van der Waals surface area contributed by atoms with Gasteiger partial charge in [-0.3, -0.25) is 9.69 Å². The van der Waals surface area contributed by atoms with Gasteiger partial charge in [-0.1, -0.05) is 61.4 Å². The number of carbonyl (C=O) groups is 1. The van der Waals surface area contributed by atoms with Gasteiger partial charge in [0.1, 0.15) is 0 Å². The summed E-state index contributed by atoms with van der Waals surface area (Å²) < 4.78 is 1.94. The number of amides is 1. The van der Waals surface area contributed by atoms with E-state index in [1.54, 1.807) is 0 Å². The van der Waals surface area contributed by atoms with E-state index in [-0.39, 0.29) is 5.91 Å². The molecule has 1 aromatic carbocycles. The first-order valence-electron chi connectivity index (χ1n) is 10.2. The standard InChI is InChI=1S/C20H28N6OS/c27-19(16-28-20-21-22-23-26(20)18-9-5-2-6-10-18)25-13-11-24(12-14-25)15-17-7-3-1-4-8-17/h1,3-4,7-8,18H,2,5-6,9-16H2. The molecule has 1 aliphatic carbocycles. The molecular formula is C20H28N6OS. The zero-order valence-corrected chi connectivity index (χ0v) is 17.1. The summed E-state index contributed by atoms with van der Waals surface area (Å²) in [5.74, 6) is 0.591. The molecule has 2 heterocycles. The number of thioether (sulfide) groups is 1. The van der Waals surface area contributed by atoms with Crippen molar-refractivity contribution < 1.29 is 4.79 Å². The van der Waals surface area contributed by atoms with Crippen LogP contribution in [0.25, 0.3) is 0 Å². The van der Waals surface area contributed by atoms with Crippen LogP contribution in [0.1, 0.15) is 43.7 Å². The molecule has 0 unspecified atom stereocenters. The first kappa shape index (κ1) is 19.4. The highest BCUT2D eigenvalue weighted by Crippen LogP contribution is 2.30. The van der Waals surface area contributed by atoms with Gasteiger partial charge in [-0.2, -0.15) is 0 Å². The molecule has 1 saturated carbocycles. The van der Waals surface area contributed by atoms with Crippen LogP contribution in [-0.4, -0.2) is 67.8 Å². The summed E-state index contributed by atoms with van der Waals surface area (Å²) in [7, 11) is 0. The molecule has 4 rings (SSSR count). The van der Waals surface area contributed by atoms with Crippen LogP contribution in [0.4, 0.5) is 0 Å². The number of tetrazole rings is 1. The monoisotopic (exact) mass is 400 g/mol. The molecule has 28 heavy (non-hydrogen) atoms. The second kappa shape index (κ2) is 9.52. The zero-order chi connectivity index (χ0) is 19.2. The summed E-state index contributed by atoms with van der Waals surface area (Å²) >= 11 is 1.47. The van der Waals surface area contributed by atoms with Gasteiger partial charge >= 0.3 is 0 Å². The molecule has 0 N–H and O–H groups in total. The van der Waals surface area contributed by atoms with E-state index in [9.17, 15) is 4.79 Å². The fraction of sp³-hybridized carbons (Fsp3) is 0.600. The number of hydrogen-bond donors (Lipinski definition) is 0. The van der Waals surface area contributed by atoms with Crippen LogP contribution >= 0.6 is 11.8 Å². The van der Waals surface area contributed by atoms with E-state index >= 15 is 0 Å². The summed E-state index contributed by atoms with van der Waals surface area (Å²) in [6, 6.07) is 10.9. The van der Waals surface area contributed by atoms with Gasteiger partial charge in [-0.05, 0) is 28.8 Å². The Morgan fingerprint density at radius 3 is 2.54 bits per heavy atom. The van der Waals surface area contributed by atoms with Crippen molar-refractivity contribution in [2.45, 2.75) is 49.8 Å². The molecule has 2 fully saturated rings. The summed E-state index contributed by atoms with van der Waals surface area (Å²) in [6.07, 6.45) is 6.04. The van der Waals surface area contributed by atoms with Crippen LogP contribution in [0.5, 0.6) is 0 Å². The molecule has 150 valence electrons. The number of piperazine rings is 1. The van der Waals surface area contributed by atoms with Crippen molar-refractivity contribution in [2.24, 2.45) is 0 Å². The summed E-state index contributed by atoms with van der Waals surface area (Å²) in [5.41, 5.74) is 1.33. The number of aromatic nitrogens is 4. The average Bonchev–Trinajstić information content (AvgIpc) is 3.23. The fourth-order valence-electron chi connectivity index (χ4n) is 4.05. The number of carbonyl (C=O) groups excluding carboxylic acids is 1. The maximum atomic E-state index is 12.7. The lowest BCUT2D eigenvalue weighted by atomic mass is 9.96. The lowest BCUT2D eigenvalue weighted by molar-refractivity contribution is -0.130. The highest BCUT2D eigenvalue weighted by molar-refractivity contribution is 7.99. The van der Waals surface area contributed by atoms with Gasteiger partial charge in [0.25, 0.3) is 0 Å². The van der Waals surface area contributed by atoms with Crippen molar-refractivity contribution >= 4 is 17.7 Å². The first-order chi connectivity index (χ1) is 13.8. The van der Waals surface area contributed by atoms with Crippen molar-refractivity contribution in [3.05, 3.63) is 35.9 Å². The third-order valence-corrected chi connectivity index (χ3v) is 6.60. The molecule has 8 heteroatoms. The highest BCUT2D eigenvalue weighted by Gasteiger charge is 2.24. The molecule has 1 aromatic heterocycles. The number of rotatable bonds is 6. The minimum atomic E-state index is 0.183. The van der Waals surface area contributed by atoms with Crippen LogP contribution in [0, 0.1) is 0 Å². The first-order valence-corrected chi connectivity index (χ1v) is 11.2. The number of nitrogens with zero attached hydrogens (tertiary/aromatic N) is 6. The van der Waals surface area contributed by atoms with Crippen LogP contribution in [0.2, 0.25) is 0 Å². The predicted octanol–water partition coefficient (Wildman–Crippen LogP) is 2.61. The fourth-order valence-corrected chi connectivity index (χ4v) is 4.90. The van der Waals surface area contributed by atoms with Crippen molar-refractivity contribution in [3.8, 4) is 0 Å². The van der Waals surface area contributed by atoms with Crippen molar-refractivity contribution in [1.82, 2.24) is 30.0 Å². The molecule has 1 saturated heterocycles. The van der Waals surface area contributed by atoms with E-state index in [1.165, 1.54) is 36.6 Å². The van der Waals surface area contributed by atoms with E-state index in [0.29, 0.717) is 11.8 Å². The second-order valence-electron chi connectivity index (χ2n) is 7.63. The molecule has 7 nitrogen and oxygen atoms in total. The minimum absolute atomic E-state index is 0.183. The molecule has 1 amide bonds. The SMILES string of the molecule is O=C(CSc1nnnn1C1CCCCC1)N1CCN(Cc2ccccc2)CC1. The van der Waals surface area contributed by atoms with E-state index in [2.05, 4.69) is 44.7 Å². The third-order valence-electron chi connectivity index (χ3n) is 5.68. The van der Waals surface area contributed by atoms with Crippen LogP contribution in [-0.2, 0) is 11.3 Å². The molecule has 0 radical (unpaired) electrons. The van der Waals surface area contributed by atoms with E-state index in [1.807, 2.05) is 15.6 Å². The summed E-state index contributed by atoms with van der Waals surface area (Å²) in [6.45, 7) is 4.38. The Morgan fingerprint density at radius 2 is 1.79 bits per heavy atom. The molecule has 0 spiro atoms. The smallest absolute Gasteiger partial charge is 0.233 e. The van der Waals surface area contributed by atoms with Gasteiger partial charge in [-0.25, -0.2) is 4.68 Å². The molecular weight excluding hydrogens is 372 g/mol. The largest absolute Gasteiger partial charge is 0.339 e. The van der Waals surface area contributed by atoms with Gasteiger partial charge < -0.3 is 4.90 Å². The topological polar surface area (TPSA) is 67.2 Å². The normalized spacial score (nSPS) is 19.1. The Bertz CT molecular complexity index is 753. The Morgan fingerprint density at radius 1 is 1.04 bits per heavy atom. The lowest BCUT2D eigenvalue weighted by Gasteiger charge is -2.34. The van der Waals surface area contributed by atoms with E-state index in [0.717, 1.165) is 50.7 Å². The van der Waals surface area contributed by atoms with Gasteiger partial charge in [-0.15, -0.1) is 5.10 Å². The predicted molar refractivity (Wildman–Crippen MR) is 109 cm³/mol. The van der Waals surface area contributed by atoms with Crippen LogP contribution < -0.4 is 0 Å². The Labute approximate surface area is 170 Å².